The normalized spacial score (nSPS) is 15.0. The van der Waals surface area contributed by atoms with E-state index in [4.69, 9.17) is 9.47 Å². The van der Waals surface area contributed by atoms with E-state index in [0.29, 0.717) is 19.3 Å². The number of carbonyl (C=O) groups excluding carboxylic acids is 2. The van der Waals surface area contributed by atoms with E-state index in [1.807, 2.05) is 12.2 Å². The predicted molar refractivity (Wildman–Crippen MR) is 175 cm³/mol. The second-order valence-electron chi connectivity index (χ2n) is 11.4. The molecule has 0 aliphatic rings. The van der Waals surface area contributed by atoms with E-state index in [-0.39, 0.29) is 19.4 Å². The third-order valence-corrected chi connectivity index (χ3v) is 7.38. The zero-order chi connectivity index (χ0) is 32.0. The molecule has 0 fully saturated rings. The lowest BCUT2D eigenvalue weighted by Gasteiger charge is -2.17. The van der Waals surface area contributed by atoms with Gasteiger partial charge in [0.25, 0.3) is 0 Å². The number of carbonyl (C=O) groups is 2. The van der Waals surface area contributed by atoms with Gasteiger partial charge in [-0.1, -0.05) is 114 Å². The number of rotatable bonds is 28. The van der Waals surface area contributed by atoms with Crippen molar-refractivity contribution in [1.29, 1.82) is 0 Å². The van der Waals surface area contributed by atoms with Crippen molar-refractivity contribution in [2.45, 2.75) is 148 Å². The molecule has 0 aromatic carbocycles. The van der Waals surface area contributed by atoms with Gasteiger partial charge in [0.2, 0.25) is 0 Å². The second-order valence-corrected chi connectivity index (χ2v) is 11.4. The topological polar surface area (TPSA) is 113 Å². The van der Waals surface area contributed by atoms with Gasteiger partial charge in [-0.3, -0.25) is 9.59 Å². The summed E-state index contributed by atoms with van der Waals surface area (Å²) in [6.07, 6.45) is 27.9. The van der Waals surface area contributed by atoms with Crippen LogP contribution >= 0.6 is 0 Å². The number of ether oxygens (including phenoxy) is 2. The molecule has 0 spiro atoms. The first-order valence-electron chi connectivity index (χ1n) is 16.8. The molecule has 0 saturated carbocycles. The van der Waals surface area contributed by atoms with Gasteiger partial charge in [0, 0.05) is 12.8 Å². The summed E-state index contributed by atoms with van der Waals surface area (Å²) in [4.78, 5) is 24.1. The van der Waals surface area contributed by atoms with Crippen LogP contribution < -0.4 is 0 Å². The third-order valence-electron chi connectivity index (χ3n) is 7.38. The molecule has 0 aromatic heterocycles. The van der Waals surface area contributed by atoms with Gasteiger partial charge in [-0.05, 0) is 57.3 Å². The lowest BCUT2D eigenvalue weighted by atomic mass is 10.00. The summed E-state index contributed by atoms with van der Waals surface area (Å²) in [7, 11) is 0. The summed E-state index contributed by atoms with van der Waals surface area (Å²) in [6.45, 7) is 6.02. The van der Waals surface area contributed by atoms with Crippen LogP contribution in [-0.2, 0) is 19.1 Å². The van der Waals surface area contributed by atoms with Crippen LogP contribution in [0.4, 0.5) is 0 Å². The van der Waals surface area contributed by atoms with Crippen LogP contribution in [0.3, 0.4) is 0 Å². The van der Waals surface area contributed by atoms with E-state index < -0.39 is 36.9 Å². The SMILES string of the molecule is CC/C=C\C/C=C\C/C=C\C/C=C\C[C@H](O)[C@@H](O)CCCC(=O)OC[C@H](CO)OC(=O)CCCCCCCCC(C)CC. The maximum absolute atomic E-state index is 12.1. The summed E-state index contributed by atoms with van der Waals surface area (Å²) >= 11 is 0. The van der Waals surface area contributed by atoms with E-state index in [2.05, 4.69) is 57.2 Å². The van der Waals surface area contributed by atoms with E-state index >= 15 is 0 Å². The molecular formula is C36H62O7. The maximum Gasteiger partial charge on any atom is 0.306 e. The molecule has 1 unspecified atom stereocenters. The monoisotopic (exact) mass is 606 g/mol. The largest absolute Gasteiger partial charge is 0.462 e. The number of unbranched alkanes of at least 4 members (excludes halogenated alkanes) is 5. The van der Waals surface area contributed by atoms with Gasteiger partial charge >= 0.3 is 11.9 Å². The number of allylic oxidation sites excluding steroid dienone is 7. The van der Waals surface area contributed by atoms with Crippen LogP contribution in [0.5, 0.6) is 0 Å². The van der Waals surface area contributed by atoms with Crippen molar-refractivity contribution in [3.63, 3.8) is 0 Å². The first kappa shape index (κ1) is 40.8. The average molecular weight is 607 g/mol. The molecular weight excluding hydrogens is 544 g/mol. The number of hydrogen-bond acceptors (Lipinski definition) is 7. The summed E-state index contributed by atoms with van der Waals surface area (Å²) in [5.74, 6) is -0.0893. The Labute approximate surface area is 262 Å². The Hall–Kier alpha value is -2.22. The molecule has 3 N–H and O–H groups in total. The van der Waals surface area contributed by atoms with Gasteiger partial charge < -0.3 is 24.8 Å². The first-order valence-corrected chi connectivity index (χ1v) is 16.8. The molecule has 0 aliphatic carbocycles. The van der Waals surface area contributed by atoms with Crippen molar-refractivity contribution in [3.05, 3.63) is 48.6 Å². The number of aliphatic hydroxyl groups excluding tert-OH is 3. The van der Waals surface area contributed by atoms with Crippen LogP contribution in [0.25, 0.3) is 0 Å². The minimum atomic E-state index is -0.934. The zero-order valence-electron chi connectivity index (χ0n) is 27.3. The molecule has 0 aliphatic heterocycles. The van der Waals surface area contributed by atoms with E-state index in [1.165, 1.54) is 32.1 Å². The fraction of sp³-hybridized carbons (Fsp3) is 0.722. The smallest absolute Gasteiger partial charge is 0.306 e. The van der Waals surface area contributed by atoms with Crippen LogP contribution in [0.2, 0.25) is 0 Å². The molecule has 0 amide bonds. The van der Waals surface area contributed by atoms with Gasteiger partial charge in [-0.25, -0.2) is 0 Å². The van der Waals surface area contributed by atoms with Gasteiger partial charge in [0.05, 0.1) is 18.8 Å². The summed E-state index contributed by atoms with van der Waals surface area (Å²) in [5.41, 5.74) is 0. The number of aliphatic hydroxyl groups is 3. The maximum atomic E-state index is 12.1. The van der Waals surface area contributed by atoms with Crippen molar-refractivity contribution in [1.82, 2.24) is 0 Å². The second kappa shape index (κ2) is 29.8. The van der Waals surface area contributed by atoms with Crippen molar-refractivity contribution >= 4 is 11.9 Å². The number of hydrogen-bond donors (Lipinski definition) is 3. The fourth-order valence-corrected chi connectivity index (χ4v) is 4.32. The summed E-state index contributed by atoms with van der Waals surface area (Å²) in [6, 6.07) is 0. The molecule has 0 saturated heterocycles. The fourth-order valence-electron chi connectivity index (χ4n) is 4.32. The number of esters is 2. The molecule has 0 bridgehead atoms. The lowest BCUT2D eigenvalue weighted by Crippen LogP contribution is -2.28. The van der Waals surface area contributed by atoms with Gasteiger partial charge in [0.15, 0.2) is 6.10 Å². The van der Waals surface area contributed by atoms with E-state index in [0.717, 1.165) is 50.9 Å². The zero-order valence-corrected chi connectivity index (χ0v) is 27.3. The Bertz CT molecular complexity index is 786. The Morgan fingerprint density at radius 2 is 1.23 bits per heavy atom. The Morgan fingerprint density at radius 1 is 0.674 bits per heavy atom. The standard InChI is InChI=1S/C36H62O7/c1-4-6-7-8-9-10-11-12-13-14-18-21-25-33(38)34(39)26-23-28-35(40)42-30-32(29-37)43-36(41)27-22-19-16-15-17-20-24-31(3)5-2/h6-7,9-10,12-13,18,21,31-34,37-39H,4-5,8,11,14-17,19-20,22-30H2,1-3H3/b7-6-,10-9-,13-12-,21-18-/t31?,32-,33-,34-/m0/s1. The highest BCUT2D eigenvalue weighted by atomic mass is 16.6. The van der Waals surface area contributed by atoms with E-state index in [9.17, 15) is 24.9 Å². The molecule has 7 nitrogen and oxygen atoms in total. The average Bonchev–Trinajstić information content (AvgIpc) is 3.00. The highest BCUT2D eigenvalue weighted by Crippen LogP contribution is 2.15. The van der Waals surface area contributed by atoms with Gasteiger partial charge in [-0.2, -0.15) is 0 Å². The molecule has 0 heterocycles. The molecule has 43 heavy (non-hydrogen) atoms. The van der Waals surface area contributed by atoms with Crippen molar-refractivity contribution < 1.29 is 34.4 Å². The van der Waals surface area contributed by atoms with Crippen molar-refractivity contribution in [2.75, 3.05) is 13.2 Å². The first-order chi connectivity index (χ1) is 20.8. The molecule has 0 aromatic rings. The van der Waals surface area contributed by atoms with E-state index in [1.54, 1.807) is 0 Å². The van der Waals surface area contributed by atoms with Crippen LogP contribution in [0, 0.1) is 5.92 Å². The van der Waals surface area contributed by atoms with Crippen molar-refractivity contribution in [3.8, 4) is 0 Å². The minimum absolute atomic E-state index is 0.0667. The summed E-state index contributed by atoms with van der Waals surface area (Å²) < 4.78 is 10.4. The highest BCUT2D eigenvalue weighted by molar-refractivity contribution is 5.70. The quantitative estimate of drug-likeness (QED) is 0.0475. The van der Waals surface area contributed by atoms with Crippen molar-refractivity contribution in [2.24, 2.45) is 5.92 Å². The minimum Gasteiger partial charge on any atom is -0.462 e. The Morgan fingerprint density at radius 3 is 1.84 bits per heavy atom. The third kappa shape index (κ3) is 27.1. The molecule has 4 atom stereocenters. The van der Waals surface area contributed by atoms with Gasteiger partial charge in [-0.15, -0.1) is 0 Å². The van der Waals surface area contributed by atoms with Crippen LogP contribution in [0.1, 0.15) is 130 Å². The predicted octanol–water partition coefficient (Wildman–Crippen LogP) is 7.69. The molecule has 248 valence electrons. The van der Waals surface area contributed by atoms with Crippen LogP contribution in [0.15, 0.2) is 48.6 Å². The molecule has 0 radical (unpaired) electrons. The van der Waals surface area contributed by atoms with Crippen LogP contribution in [-0.4, -0.2) is 58.8 Å². The highest BCUT2D eigenvalue weighted by Gasteiger charge is 2.18. The molecule has 0 rings (SSSR count). The van der Waals surface area contributed by atoms with Gasteiger partial charge in [0.1, 0.15) is 6.61 Å². The lowest BCUT2D eigenvalue weighted by molar-refractivity contribution is -0.161. The molecule has 7 heteroatoms. The Balaban J connectivity index is 3.92. The Kier molecular flexibility index (Phi) is 28.3. The summed E-state index contributed by atoms with van der Waals surface area (Å²) in [5, 5.41) is 29.8.